The zero-order valence-corrected chi connectivity index (χ0v) is 8.91. The molecule has 1 heterocycles. The first kappa shape index (κ1) is 12.4. The minimum absolute atomic E-state index is 0.530. The Kier molecular flexibility index (Phi) is 4.04. The van der Waals surface area contributed by atoms with E-state index in [2.05, 4.69) is 0 Å². The lowest BCUT2D eigenvalue weighted by Crippen LogP contribution is -2.58. The van der Waals surface area contributed by atoms with Crippen molar-refractivity contribution in [2.24, 2.45) is 0 Å². The Morgan fingerprint density at radius 1 is 1.33 bits per heavy atom. The number of hydrogen-bond acceptors (Lipinski definition) is 6. The van der Waals surface area contributed by atoms with E-state index in [1.54, 1.807) is 6.92 Å². The summed E-state index contributed by atoms with van der Waals surface area (Å²) in [6.45, 7) is 2.86. The molecule has 1 aliphatic rings. The summed E-state index contributed by atoms with van der Waals surface area (Å²) in [5.41, 5.74) is 0. The highest BCUT2D eigenvalue weighted by atomic mass is 16.7. The summed E-state index contributed by atoms with van der Waals surface area (Å²) in [5.74, 6) is -0.530. The van der Waals surface area contributed by atoms with Crippen LogP contribution in [0.1, 0.15) is 13.8 Å². The van der Waals surface area contributed by atoms with Crippen LogP contribution >= 0.6 is 0 Å². The van der Waals surface area contributed by atoms with Gasteiger partial charge in [-0.25, -0.2) is 0 Å². The predicted octanol–water partition coefficient (Wildman–Crippen LogP) is -0.969. The Hall–Kier alpha value is -0.690. The highest BCUT2D eigenvalue weighted by Gasteiger charge is 2.44. The summed E-state index contributed by atoms with van der Waals surface area (Å²) < 4.78 is 14.9. The van der Waals surface area contributed by atoms with Gasteiger partial charge in [-0.1, -0.05) is 0 Å². The molecule has 0 aliphatic carbocycles. The molecule has 1 aliphatic heterocycles. The highest BCUT2D eigenvalue weighted by molar-refractivity contribution is 5.66. The first-order valence-corrected chi connectivity index (χ1v) is 4.69. The van der Waals surface area contributed by atoms with Crippen LogP contribution in [-0.4, -0.2) is 54.0 Å². The lowest BCUT2D eigenvalue weighted by molar-refractivity contribution is -0.288. The molecule has 0 aromatic rings. The number of ether oxygens (including phenoxy) is 3. The average molecular weight is 220 g/mol. The highest BCUT2D eigenvalue weighted by Crippen LogP contribution is 2.23. The van der Waals surface area contributed by atoms with Crippen molar-refractivity contribution in [2.75, 3.05) is 7.11 Å². The van der Waals surface area contributed by atoms with Crippen molar-refractivity contribution in [3.05, 3.63) is 0 Å². The van der Waals surface area contributed by atoms with Gasteiger partial charge < -0.3 is 24.4 Å². The summed E-state index contributed by atoms with van der Waals surface area (Å²) in [6, 6.07) is 0. The molecule has 0 aromatic heterocycles. The SMILES string of the molecule is CO[C@H]1O[C@@H](C)[C@H](OC(C)=O)[C@@H](O)[C@H]1O. The topological polar surface area (TPSA) is 85.2 Å². The Balaban J connectivity index is 2.70. The van der Waals surface area contributed by atoms with Crippen LogP contribution in [0.15, 0.2) is 0 Å². The van der Waals surface area contributed by atoms with Crippen molar-refractivity contribution in [1.82, 2.24) is 0 Å². The molecule has 0 saturated carbocycles. The monoisotopic (exact) mass is 220 g/mol. The molecule has 0 aromatic carbocycles. The standard InChI is InChI=1S/C9H16O6/c1-4-8(15-5(2)10)6(11)7(12)9(13-3)14-4/h4,6-9,11-12H,1-3H3/t4-,6-,7+,8-,9-/m0/s1. The molecule has 0 spiro atoms. The largest absolute Gasteiger partial charge is 0.457 e. The molecule has 1 saturated heterocycles. The van der Waals surface area contributed by atoms with Crippen LogP contribution in [0.25, 0.3) is 0 Å². The van der Waals surface area contributed by atoms with Gasteiger partial charge in [0, 0.05) is 14.0 Å². The fourth-order valence-electron chi connectivity index (χ4n) is 1.55. The summed E-state index contributed by atoms with van der Waals surface area (Å²) in [6.07, 6.45) is -4.74. The predicted molar refractivity (Wildman–Crippen MR) is 48.9 cm³/mol. The van der Waals surface area contributed by atoms with Gasteiger partial charge >= 0.3 is 5.97 Å². The van der Waals surface area contributed by atoms with E-state index < -0.39 is 36.7 Å². The lowest BCUT2D eigenvalue weighted by atomic mass is 10.00. The van der Waals surface area contributed by atoms with E-state index in [4.69, 9.17) is 14.2 Å². The fraction of sp³-hybridized carbons (Fsp3) is 0.889. The van der Waals surface area contributed by atoms with Crippen LogP contribution in [0.2, 0.25) is 0 Å². The van der Waals surface area contributed by atoms with Gasteiger partial charge in [0.25, 0.3) is 0 Å². The van der Waals surface area contributed by atoms with E-state index in [0.717, 1.165) is 0 Å². The minimum Gasteiger partial charge on any atom is -0.457 e. The summed E-state index contributed by atoms with van der Waals surface area (Å²) in [5, 5.41) is 19.2. The average Bonchev–Trinajstić information content (AvgIpc) is 2.18. The summed E-state index contributed by atoms with van der Waals surface area (Å²) in [4.78, 5) is 10.8. The number of carbonyl (C=O) groups excluding carboxylic acids is 1. The van der Waals surface area contributed by atoms with Gasteiger partial charge in [0.15, 0.2) is 12.4 Å². The minimum atomic E-state index is -1.23. The van der Waals surface area contributed by atoms with Gasteiger partial charge in [-0.2, -0.15) is 0 Å². The number of rotatable bonds is 2. The number of hydrogen-bond donors (Lipinski definition) is 2. The number of aliphatic hydroxyl groups is 2. The third kappa shape index (κ3) is 2.66. The van der Waals surface area contributed by atoms with Crippen LogP contribution in [0.3, 0.4) is 0 Å². The van der Waals surface area contributed by atoms with E-state index in [1.807, 2.05) is 0 Å². The second-order valence-electron chi connectivity index (χ2n) is 3.50. The maximum Gasteiger partial charge on any atom is 0.303 e. The van der Waals surface area contributed by atoms with Crippen molar-refractivity contribution in [2.45, 2.75) is 44.6 Å². The van der Waals surface area contributed by atoms with Crippen molar-refractivity contribution in [3.8, 4) is 0 Å². The van der Waals surface area contributed by atoms with Crippen LogP contribution in [0.4, 0.5) is 0 Å². The van der Waals surface area contributed by atoms with E-state index in [-0.39, 0.29) is 0 Å². The van der Waals surface area contributed by atoms with Gasteiger partial charge in [-0.05, 0) is 6.92 Å². The lowest BCUT2D eigenvalue weighted by Gasteiger charge is -2.39. The number of esters is 1. The van der Waals surface area contributed by atoms with Gasteiger partial charge in [-0.15, -0.1) is 0 Å². The maximum atomic E-state index is 10.8. The number of carbonyl (C=O) groups is 1. The molecular formula is C9H16O6. The number of aliphatic hydroxyl groups excluding tert-OH is 2. The zero-order valence-electron chi connectivity index (χ0n) is 8.91. The second-order valence-corrected chi connectivity index (χ2v) is 3.50. The molecule has 0 amide bonds. The number of methoxy groups -OCH3 is 1. The summed E-state index contributed by atoms with van der Waals surface area (Å²) >= 11 is 0. The molecule has 0 radical (unpaired) electrons. The smallest absolute Gasteiger partial charge is 0.303 e. The van der Waals surface area contributed by atoms with Crippen molar-refractivity contribution >= 4 is 5.97 Å². The Morgan fingerprint density at radius 3 is 2.40 bits per heavy atom. The molecule has 6 heteroatoms. The molecule has 5 atom stereocenters. The summed E-state index contributed by atoms with van der Waals surface area (Å²) in [7, 11) is 1.36. The molecule has 88 valence electrons. The molecule has 2 N–H and O–H groups in total. The molecule has 15 heavy (non-hydrogen) atoms. The van der Waals surface area contributed by atoms with E-state index in [9.17, 15) is 15.0 Å². The van der Waals surface area contributed by atoms with Crippen LogP contribution in [0.5, 0.6) is 0 Å². The van der Waals surface area contributed by atoms with Crippen molar-refractivity contribution in [1.29, 1.82) is 0 Å². The molecule has 0 bridgehead atoms. The van der Waals surface area contributed by atoms with Gasteiger partial charge in [-0.3, -0.25) is 4.79 Å². The van der Waals surface area contributed by atoms with E-state index in [0.29, 0.717) is 0 Å². The normalized spacial score (nSPS) is 41.3. The molecular weight excluding hydrogens is 204 g/mol. The molecule has 0 unspecified atom stereocenters. The van der Waals surface area contributed by atoms with E-state index in [1.165, 1.54) is 14.0 Å². The quantitative estimate of drug-likeness (QED) is 0.582. The Morgan fingerprint density at radius 2 is 1.93 bits per heavy atom. The van der Waals surface area contributed by atoms with Gasteiger partial charge in [0.05, 0.1) is 6.10 Å². The first-order valence-electron chi connectivity index (χ1n) is 4.69. The first-order chi connectivity index (χ1) is 6.97. The molecule has 6 nitrogen and oxygen atoms in total. The van der Waals surface area contributed by atoms with Crippen LogP contribution in [0, 0.1) is 0 Å². The van der Waals surface area contributed by atoms with E-state index >= 15 is 0 Å². The fourth-order valence-corrected chi connectivity index (χ4v) is 1.55. The van der Waals surface area contributed by atoms with Crippen LogP contribution in [-0.2, 0) is 19.0 Å². The second kappa shape index (κ2) is 4.89. The third-order valence-electron chi connectivity index (χ3n) is 2.31. The third-order valence-corrected chi connectivity index (χ3v) is 2.31. The molecule has 1 rings (SSSR count). The Labute approximate surface area is 87.7 Å². The van der Waals surface area contributed by atoms with Crippen molar-refractivity contribution in [3.63, 3.8) is 0 Å². The van der Waals surface area contributed by atoms with Crippen LogP contribution < -0.4 is 0 Å². The zero-order chi connectivity index (χ0) is 11.6. The maximum absolute atomic E-state index is 10.8. The Bertz CT molecular complexity index is 231. The van der Waals surface area contributed by atoms with Gasteiger partial charge in [0.1, 0.15) is 12.2 Å². The molecule has 1 fully saturated rings. The van der Waals surface area contributed by atoms with Gasteiger partial charge in [0.2, 0.25) is 0 Å². The van der Waals surface area contributed by atoms with Crippen molar-refractivity contribution < 1.29 is 29.2 Å².